The van der Waals surface area contributed by atoms with Crippen molar-refractivity contribution in [2.24, 2.45) is 5.73 Å². The van der Waals surface area contributed by atoms with Crippen LogP contribution >= 0.6 is 0 Å². The van der Waals surface area contributed by atoms with Crippen LogP contribution in [-0.4, -0.2) is 28.9 Å². The number of hydrogen-bond acceptors (Lipinski definition) is 3. The predicted octanol–water partition coefficient (Wildman–Crippen LogP) is 4.41. The Bertz CT molecular complexity index is 553. The Balaban J connectivity index is 3.65. The number of nitrogens with two attached hydrogens (primary N) is 1. The molecule has 0 rings (SSSR count). The van der Waals surface area contributed by atoms with Gasteiger partial charge in [0.25, 0.3) is 0 Å². The first kappa shape index (κ1) is 26.6. The second-order valence-corrected chi connectivity index (χ2v) is 7.06. The van der Waals surface area contributed by atoms with E-state index in [4.69, 9.17) is 10.8 Å². The Kier molecular flexibility index (Phi) is 17.4. The maximum atomic E-state index is 11.8. The van der Waals surface area contributed by atoms with E-state index < -0.39 is 17.9 Å². The number of amides is 2. The predicted molar refractivity (Wildman–Crippen MR) is 117 cm³/mol. The number of aliphatic carboxylic acids is 1. The van der Waals surface area contributed by atoms with Gasteiger partial charge in [-0.2, -0.15) is 0 Å². The summed E-state index contributed by atoms with van der Waals surface area (Å²) >= 11 is 0. The summed E-state index contributed by atoms with van der Waals surface area (Å²) in [6, 6.07) is -1.05. The second-order valence-electron chi connectivity index (χ2n) is 7.06. The van der Waals surface area contributed by atoms with E-state index in [-0.39, 0.29) is 18.7 Å². The number of hydrogen-bond donors (Lipinski definition) is 3. The molecule has 2 amide bonds. The Labute approximate surface area is 175 Å². The summed E-state index contributed by atoms with van der Waals surface area (Å²) in [7, 11) is 0. The van der Waals surface area contributed by atoms with Gasteiger partial charge in [0.1, 0.15) is 6.04 Å². The summed E-state index contributed by atoms with van der Waals surface area (Å²) in [4.78, 5) is 33.7. The topological polar surface area (TPSA) is 109 Å². The number of carbonyl (C=O) groups excluding carboxylic acids is 2. The van der Waals surface area contributed by atoms with Crippen molar-refractivity contribution in [3.8, 4) is 0 Å². The smallest absolute Gasteiger partial charge is 0.326 e. The quantitative estimate of drug-likeness (QED) is 0.231. The molecule has 0 aromatic carbocycles. The molecule has 6 heteroatoms. The van der Waals surface area contributed by atoms with Gasteiger partial charge in [-0.1, -0.05) is 62.6 Å². The molecule has 29 heavy (non-hydrogen) atoms. The summed E-state index contributed by atoms with van der Waals surface area (Å²) < 4.78 is 0. The minimum absolute atomic E-state index is 0.0234. The molecule has 0 spiro atoms. The second kappa shape index (κ2) is 19.0. The molecule has 0 aromatic heterocycles. The lowest BCUT2D eigenvalue weighted by Gasteiger charge is -2.13. The van der Waals surface area contributed by atoms with Crippen LogP contribution in [0.3, 0.4) is 0 Å². The van der Waals surface area contributed by atoms with E-state index in [2.05, 4.69) is 48.7 Å². The average molecular weight is 407 g/mol. The molecule has 0 bridgehead atoms. The van der Waals surface area contributed by atoms with Crippen molar-refractivity contribution in [1.82, 2.24) is 5.32 Å². The van der Waals surface area contributed by atoms with Crippen LogP contribution < -0.4 is 11.1 Å². The lowest BCUT2D eigenvalue weighted by atomic mass is 10.1. The first-order chi connectivity index (χ1) is 14.0. The highest BCUT2D eigenvalue weighted by Gasteiger charge is 2.20. The van der Waals surface area contributed by atoms with Crippen LogP contribution in [-0.2, 0) is 14.4 Å². The summed E-state index contributed by atoms with van der Waals surface area (Å²) in [6.07, 6.45) is 22.6. The molecule has 6 nitrogen and oxygen atoms in total. The number of rotatable bonds is 18. The molecule has 0 saturated heterocycles. The lowest BCUT2D eigenvalue weighted by Crippen LogP contribution is -2.41. The van der Waals surface area contributed by atoms with Gasteiger partial charge in [0.2, 0.25) is 11.8 Å². The van der Waals surface area contributed by atoms with Crippen LogP contribution in [0.5, 0.6) is 0 Å². The number of nitrogens with one attached hydrogen (secondary N) is 1. The average Bonchev–Trinajstić information content (AvgIpc) is 2.67. The third kappa shape index (κ3) is 18.7. The first-order valence-electron chi connectivity index (χ1n) is 10.7. The zero-order valence-electron chi connectivity index (χ0n) is 17.8. The molecule has 0 fully saturated rings. The Morgan fingerprint density at radius 2 is 1.45 bits per heavy atom. The Hall–Kier alpha value is -2.37. The molecule has 0 saturated carbocycles. The normalized spacial score (nSPS) is 12.7. The number of unbranched alkanes of at least 4 members (excludes halogenated alkanes) is 5. The van der Waals surface area contributed by atoms with Gasteiger partial charge in [-0.3, -0.25) is 9.59 Å². The molecule has 1 atom stereocenters. The maximum Gasteiger partial charge on any atom is 0.326 e. The molecular weight excluding hydrogens is 368 g/mol. The summed E-state index contributed by atoms with van der Waals surface area (Å²) in [6.45, 7) is 2.13. The van der Waals surface area contributed by atoms with Crippen LogP contribution in [0.2, 0.25) is 0 Å². The molecule has 4 N–H and O–H groups in total. The highest BCUT2D eigenvalue weighted by Crippen LogP contribution is 2.08. The molecule has 0 aliphatic heterocycles. The van der Waals surface area contributed by atoms with Gasteiger partial charge in [0.15, 0.2) is 0 Å². The lowest BCUT2D eigenvalue weighted by molar-refractivity contribution is -0.142. The largest absolute Gasteiger partial charge is 0.480 e. The van der Waals surface area contributed by atoms with Crippen molar-refractivity contribution < 1.29 is 19.5 Å². The molecule has 0 aromatic rings. The molecule has 0 unspecified atom stereocenters. The van der Waals surface area contributed by atoms with Crippen LogP contribution in [0.25, 0.3) is 0 Å². The number of carboxylic acids is 1. The van der Waals surface area contributed by atoms with Crippen LogP contribution in [0, 0.1) is 0 Å². The fraction of sp³-hybridized carbons (Fsp3) is 0.609. The van der Waals surface area contributed by atoms with Gasteiger partial charge in [-0.25, -0.2) is 4.79 Å². The molecule has 0 heterocycles. The van der Waals surface area contributed by atoms with E-state index in [0.717, 1.165) is 57.8 Å². The van der Waals surface area contributed by atoms with E-state index in [1.807, 2.05) is 0 Å². The summed E-state index contributed by atoms with van der Waals surface area (Å²) in [5, 5.41) is 11.5. The molecule has 0 aliphatic carbocycles. The number of carbonyl (C=O) groups is 3. The van der Waals surface area contributed by atoms with Gasteiger partial charge in [0, 0.05) is 12.8 Å². The van der Waals surface area contributed by atoms with Crippen molar-refractivity contribution in [1.29, 1.82) is 0 Å². The van der Waals surface area contributed by atoms with Gasteiger partial charge in [0.05, 0.1) is 0 Å². The van der Waals surface area contributed by atoms with Crippen molar-refractivity contribution in [2.45, 2.75) is 90.0 Å². The Morgan fingerprint density at radius 1 is 0.862 bits per heavy atom. The van der Waals surface area contributed by atoms with Crippen molar-refractivity contribution >= 4 is 17.8 Å². The van der Waals surface area contributed by atoms with E-state index >= 15 is 0 Å². The van der Waals surface area contributed by atoms with E-state index in [0.29, 0.717) is 6.42 Å². The van der Waals surface area contributed by atoms with Crippen molar-refractivity contribution in [3.63, 3.8) is 0 Å². The number of carboxylic acid groups (broad SMARTS) is 1. The van der Waals surface area contributed by atoms with Crippen LogP contribution in [0.4, 0.5) is 0 Å². The molecular formula is C23H38N2O4. The fourth-order valence-corrected chi connectivity index (χ4v) is 2.72. The third-order valence-electron chi connectivity index (χ3n) is 4.37. The fourth-order valence-electron chi connectivity index (χ4n) is 2.72. The summed E-state index contributed by atoms with van der Waals surface area (Å²) in [5.41, 5.74) is 5.02. The highest BCUT2D eigenvalue weighted by molar-refractivity contribution is 5.84. The van der Waals surface area contributed by atoms with Crippen molar-refractivity contribution in [3.05, 3.63) is 36.5 Å². The van der Waals surface area contributed by atoms with E-state index in [9.17, 15) is 14.4 Å². The number of allylic oxidation sites excluding steroid dienone is 6. The van der Waals surface area contributed by atoms with Crippen molar-refractivity contribution in [2.75, 3.05) is 0 Å². The zero-order valence-corrected chi connectivity index (χ0v) is 17.8. The SMILES string of the molecule is CCC=CCC=CCC=CCCCCCCCC(=O)N[C@@H](CCC(N)=O)C(=O)O. The third-order valence-corrected chi connectivity index (χ3v) is 4.37. The molecule has 0 radical (unpaired) electrons. The van der Waals surface area contributed by atoms with E-state index in [1.54, 1.807) is 0 Å². The Morgan fingerprint density at radius 3 is 2.07 bits per heavy atom. The van der Waals surface area contributed by atoms with E-state index in [1.165, 1.54) is 0 Å². The highest BCUT2D eigenvalue weighted by atomic mass is 16.4. The van der Waals surface area contributed by atoms with Gasteiger partial charge in [-0.15, -0.1) is 0 Å². The standard InChI is InChI=1S/C23H38N2O4/c1-2-3-4-5-6-7-8-9-10-11-12-13-14-15-16-17-22(27)25-20(23(28)29)18-19-21(24)26/h3-4,6-7,9-10,20H,2,5,8,11-19H2,1H3,(H2,24,26)(H,25,27)(H,28,29)/t20-/m0/s1. The first-order valence-corrected chi connectivity index (χ1v) is 10.7. The maximum absolute atomic E-state index is 11.8. The summed E-state index contributed by atoms with van der Waals surface area (Å²) in [5.74, 6) is -2.00. The molecule has 0 aliphatic rings. The number of primary amides is 1. The monoisotopic (exact) mass is 406 g/mol. The van der Waals surface area contributed by atoms with Crippen LogP contribution in [0.1, 0.15) is 84.0 Å². The zero-order chi connectivity index (χ0) is 21.7. The van der Waals surface area contributed by atoms with Crippen LogP contribution in [0.15, 0.2) is 36.5 Å². The minimum Gasteiger partial charge on any atom is -0.480 e. The molecule has 164 valence electrons. The minimum atomic E-state index is -1.14. The van der Waals surface area contributed by atoms with Gasteiger partial charge < -0.3 is 16.2 Å². The van der Waals surface area contributed by atoms with Gasteiger partial charge >= 0.3 is 5.97 Å². The van der Waals surface area contributed by atoms with Gasteiger partial charge in [-0.05, 0) is 44.9 Å².